The van der Waals surface area contributed by atoms with Crippen molar-refractivity contribution in [3.8, 4) is 6.01 Å². The van der Waals surface area contributed by atoms with Crippen LogP contribution in [0.25, 0.3) is 0 Å². The number of benzene rings is 1. The van der Waals surface area contributed by atoms with Crippen molar-refractivity contribution < 1.29 is 23.0 Å². The van der Waals surface area contributed by atoms with Crippen LogP contribution in [0.1, 0.15) is 47.2 Å². The van der Waals surface area contributed by atoms with Crippen molar-refractivity contribution >= 4 is 29.0 Å². The molecule has 0 radical (unpaired) electrons. The fourth-order valence-electron chi connectivity index (χ4n) is 5.45. The van der Waals surface area contributed by atoms with Gasteiger partial charge >= 0.3 is 6.01 Å². The number of amides is 1. The van der Waals surface area contributed by atoms with E-state index in [0.29, 0.717) is 37.5 Å². The quantitative estimate of drug-likeness (QED) is 0.558. The van der Waals surface area contributed by atoms with E-state index >= 15 is 0 Å². The summed E-state index contributed by atoms with van der Waals surface area (Å²) < 4.78 is 39.0. The van der Waals surface area contributed by atoms with Crippen molar-refractivity contribution in [2.45, 2.75) is 44.3 Å². The molecule has 0 saturated heterocycles. The number of halogens is 3. The van der Waals surface area contributed by atoms with Crippen LogP contribution in [-0.4, -0.2) is 67.3 Å². The molecule has 208 valence electrons. The van der Waals surface area contributed by atoms with Crippen LogP contribution in [0, 0.1) is 0 Å². The van der Waals surface area contributed by atoms with Gasteiger partial charge < -0.3 is 25.0 Å². The van der Waals surface area contributed by atoms with Gasteiger partial charge in [0, 0.05) is 44.7 Å². The largest absolute Gasteiger partial charge is 0.467 e. The Kier molecular flexibility index (Phi) is 7.47. The molecule has 12 heteroatoms. The number of methoxy groups -OCH3 is 1. The zero-order valence-corrected chi connectivity index (χ0v) is 22.9. The van der Waals surface area contributed by atoms with E-state index in [-0.39, 0.29) is 35.5 Å². The first-order valence-corrected chi connectivity index (χ1v) is 13.2. The summed E-state index contributed by atoms with van der Waals surface area (Å²) in [4.78, 5) is 29.7. The highest BCUT2D eigenvalue weighted by atomic mass is 35.5. The third kappa shape index (κ3) is 5.05. The van der Waals surface area contributed by atoms with E-state index in [4.69, 9.17) is 26.8 Å². The lowest BCUT2D eigenvalue weighted by Crippen LogP contribution is -2.38. The number of nitrogens with zero attached hydrogens (tertiary/aromatic N) is 5. The summed E-state index contributed by atoms with van der Waals surface area (Å²) in [6.45, 7) is 1.62. The number of carbonyl (C=O) groups is 1. The summed E-state index contributed by atoms with van der Waals surface area (Å²) >= 11 is 6.56. The zero-order valence-electron chi connectivity index (χ0n) is 22.1. The van der Waals surface area contributed by atoms with Crippen LogP contribution in [0.15, 0.2) is 33.9 Å². The zero-order chi connectivity index (χ0) is 27.9. The SMILES string of the molecule is COc1nc2c(c(N3CCCN=C(/C(Cl)=C(\N)C(=O)N(C)C)C3)n1)COC1(CCc3ccc(C(F)F)cc31)C2. The molecule has 2 aromatic rings. The maximum absolute atomic E-state index is 13.5. The van der Waals surface area contributed by atoms with Crippen LogP contribution >= 0.6 is 11.6 Å². The van der Waals surface area contributed by atoms with Crippen LogP contribution in [-0.2, 0) is 34.6 Å². The lowest BCUT2D eigenvalue weighted by atomic mass is 9.86. The van der Waals surface area contributed by atoms with Gasteiger partial charge in [-0.25, -0.2) is 8.78 Å². The molecule has 1 aromatic carbocycles. The normalized spacial score (nSPS) is 21.2. The molecule has 1 aromatic heterocycles. The van der Waals surface area contributed by atoms with Crippen molar-refractivity contribution in [2.75, 3.05) is 45.7 Å². The Hall–Kier alpha value is -3.31. The molecule has 0 fully saturated rings. The second kappa shape index (κ2) is 10.7. The van der Waals surface area contributed by atoms with Crippen molar-refractivity contribution in [1.29, 1.82) is 0 Å². The lowest BCUT2D eigenvalue weighted by molar-refractivity contribution is -0.124. The van der Waals surface area contributed by atoms with Gasteiger partial charge in [0.05, 0.1) is 42.3 Å². The average molecular weight is 561 g/mol. The van der Waals surface area contributed by atoms with Gasteiger partial charge in [0.1, 0.15) is 11.5 Å². The van der Waals surface area contributed by atoms with Crippen molar-refractivity contribution in [1.82, 2.24) is 14.9 Å². The standard InChI is InChI=1S/C27H31ClF2N6O3/c1-35(2)25(37)22(31)21(28)20-13-36(10-4-9-32-20)24-17-14-39-27(12-19(17)33-26(34-24)38-3)8-7-15-5-6-16(23(29)30)11-18(15)27/h5-6,11,23H,4,7-10,12-14,31H2,1-3H3/b22-21+. The van der Waals surface area contributed by atoms with Crippen molar-refractivity contribution in [3.05, 3.63) is 56.9 Å². The second-order valence-electron chi connectivity index (χ2n) is 10.2. The number of aromatic nitrogens is 2. The molecule has 1 unspecified atom stereocenters. The maximum Gasteiger partial charge on any atom is 0.318 e. The van der Waals surface area contributed by atoms with Gasteiger partial charge in [0.15, 0.2) is 0 Å². The van der Waals surface area contributed by atoms with Crippen molar-refractivity contribution in [3.63, 3.8) is 0 Å². The molecule has 3 heterocycles. The number of ether oxygens (including phenoxy) is 2. The van der Waals surface area contributed by atoms with Gasteiger partial charge in [-0.3, -0.25) is 9.79 Å². The molecule has 1 amide bonds. The van der Waals surface area contributed by atoms with Crippen LogP contribution in [0.2, 0.25) is 0 Å². The van der Waals surface area contributed by atoms with Gasteiger partial charge in [-0.2, -0.15) is 9.97 Å². The first-order chi connectivity index (χ1) is 18.6. The minimum absolute atomic E-state index is 0.0151. The summed E-state index contributed by atoms with van der Waals surface area (Å²) in [7, 11) is 4.70. The Labute approximate surface area is 230 Å². The number of hydrogen-bond donors (Lipinski definition) is 1. The summed E-state index contributed by atoms with van der Waals surface area (Å²) in [5, 5.41) is 0.114. The number of nitrogens with two attached hydrogens (primary N) is 1. The third-order valence-electron chi connectivity index (χ3n) is 7.51. The maximum atomic E-state index is 13.5. The van der Waals surface area contributed by atoms with E-state index in [2.05, 4.69) is 15.0 Å². The molecule has 5 rings (SSSR count). The molecular formula is C27H31ClF2N6O3. The van der Waals surface area contributed by atoms with Crippen LogP contribution in [0.3, 0.4) is 0 Å². The Morgan fingerprint density at radius 3 is 2.82 bits per heavy atom. The minimum Gasteiger partial charge on any atom is -0.467 e. The Balaban J connectivity index is 1.50. The number of likely N-dealkylation sites (N-methyl/N-ethyl adjacent to an activating group) is 1. The molecule has 2 N–H and O–H groups in total. The number of hydrogen-bond acceptors (Lipinski definition) is 8. The van der Waals surface area contributed by atoms with Gasteiger partial charge in [-0.1, -0.05) is 23.7 Å². The molecule has 1 atom stereocenters. The van der Waals surface area contributed by atoms with E-state index in [1.165, 1.54) is 18.1 Å². The number of alkyl halides is 2. The number of anilines is 1. The van der Waals surface area contributed by atoms with Crippen LogP contribution in [0.5, 0.6) is 6.01 Å². The highest BCUT2D eigenvalue weighted by Gasteiger charge is 2.45. The van der Waals surface area contributed by atoms with Crippen LogP contribution < -0.4 is 15.4 Å². The molecule has 3 aliphatic rings. The third-order valence-corrected chi connectivity index (χ3v) is 7.93. The summed E-state index contributed by atoms with van der Waals surface area (Å²) in [5.41, 5.74) is 9.11. The highest BCUT2D eigenvalue weighted by molar-refractivity contribution is 6.45. The molecule has 1 aliphatic carbocycles. The highest BCUT2D eigenvalue weighted by Crippen LogP contribution is 2.48. The van der Waals surface area contributed by atoms with E-state index < -0.39 is 17.9 Å². The summed E-state index contributed by atoms with van der Waals surface area (Å²) in [6, 6.07) is 5.03. The number of rotatable bonds is 5. The number of carbonyl (C=O) groups excluding carboxylic acids is 1. The molecular weight excluding hydrogens is 530 g/mol. The monoisotopic (exact) mass is 560 g/mol. The summed E-state index contributed by atoms with van der Waals surface area (Å²) in [6.07, 6.45) is 0.00154. The Bertz CT molecular complexity index is 1370. The van der Waals surface area contributed by atoms with E-state index in [0.717, 1.165) is 35.2 Å². The van der Waals surface area contributed by atoms with Crippen molar-refractivity contribution in [2.24, 2.45) is 10.7 Å². The lowest BCUT2D eigenvalue weighted by Gasteiger charge is -2.37. The van der Waals surface area contributed by atoms with Gasteiger partial charge in [0.2, 0.25) is 0 Å². The molecule has 39 heavy (non-hydrogen) atoms. The average Bonchev–Trinajstić information content (AvgIpc) is 3.10. The Morgan fingerprint density at radius 2 is 2.10 bits per heavy atom. The van der Waals surface area contributed by atoms with Gasteiger partial charge in [-0.15, -0.1) is 0 Å². The van der Waals surface area contributed by atoms with E-state index in [9.17, 15) is 13.6 Å². The van der Waals surface area contributed by atoms with Gasteiger partial charge in [-0.05, 0) is 36.5 Å². The fraction of sp³-hybridized carbons (Fsp3) is 0.481. The second-order valence-corrected chi connectivity index (χ2v) is 10.5. The molecule has 0 saturated carbocycles. The predicted molar refractivity (Wildman–Crippen MR) is 143 cm³/mol. The molecule has 9 nitrogen and oxygen atoms in total. The van der Waals surface area contributed by atoms with Crippen LogP contribution in [0.4, 0.5) is 14.6 Å². The van der Waals surface area contributed by atoms with E-state index in [1.54, 1.807) is 26.2 Å². The smallest absolute Gasteiger partial charge is 0.318 e. The first kappa shape index (κ1) is 27.3. The first-order valence-electron chi connectivity index (χ1n) is 12.8. The summed E-state index contributed by atoms with van der Waals surface area (Å²) in [5.74, 6) is 0.230. The molecule has 0 bridgehead atoms. The Morgan fingerprint density at radius 1 is 1.31 bits per heavy atom. The molecule has 2 aliphatic heterocycles. The van der Waals surface area contributed by atoms with Gasteiger partial charge in [0.25, 0.3) is 12.3 Å². The minimum atomic E-state index is -2.56. The number of aryl methyl sites for hydroxylation is 1. The predicted octanol–water partition coefficient (Wildman–Crippen LogP) is 3.49. The topological polar surface area (TPSA) is 106 Å². The number of aliphatic imine (C=N–C) groups is 1. The number of fused-ring (bicyclic) bond motifs is 3. The van der Waals surface area contributed by atoms with E-state index in [1.807, 2.05) is 4.90 Å². The molecule has 1 spiro atoms. The fourth-order valence-corrected chi connectivity index (χ4v) is 5.65.